The smallest absolute Gasteiger partial charge is 0.287 e. The van der Waals surface area contributed by atoms with Crippen molar-refractivity contribution in [3.05, 3.63) is 65.8 Å². The SMILES string of the molecule is C=CCNC(=O)c1nc(C(=O)NCCc2ccccc2)c2n1CCCC2. The second-order valence-electron chi connectivity index (χ2n) is 6.33. The Bertz CT molecular complexity index is 796. The maximum Gasteiger partial charge on any atom is 0.287 e. The molecule has 6 nitrogen and oxygen atoms in total. The molecule has 0 aliphatic carbocycles. The number of hydrogen-bond donors (Lipinski definition) is 2. The third-order valence-corrected chi connectivity index (χ3v) is 4.49. The van der Waals surface area contributed by atoms with Crippen LogP contribution in [0.2, 0.25) is 0 Å². The summed E-state index contributed by atoms with van der Waals surface area (Å²) in [5.74, 6) is -0.166. The Balaban J connectivity index is 1.72. The van der Waals surface area contributed by atoms with Crippen LogP contribution < -0.4 is 10.6 Å². The third kappa shape index (κ3) is 4.02. The molecule has 2 aromatic rings. The summed E-state index contributed by atoms with van der Waals surface area (Å²) in [4.78, 5) is 29.3. The number of rotatable bonds is 7. The van der Waals surface area contributed by atoms with Crippen LogP contribution in [-0.4, -0.2) is 34.5 Å². The average molecular weight is 352 g/mol. The highest BCUT2D eigenvalue weighted by Gasteiger charge is 2.27. The first-order valence-electron chi connectivity index (χ1n) is 9.01. The minimum absolute atomic E-state index is 0.214. The van der Waals surface area contributed by atoms with Crippen molar-refractivity contribution in [2.45, 2.75) is 32.2 Å². The summed E-state index contributed by atoms with van der Waals surface area (Å²) < 4.78 is 1.88. The van der Waals surface area contributed by atoms with E-state index in [2.05, 4.69) is 22.2 Å². The summed E-state index contributed by atoms with van der Waals surface area (Å²) in [5.41, 5.74) is 2.41. The molecule has 1 aliphatic heterocycles. The maximum atomic E-state index is 12.6. The molecule has 1 aromatic carbocycles. The number of carbonyl (C=O) groups is 2. The Hall–Kier alpha value is -2.89. The summed E-state index contributed by atoms with van der Waals surface area (Å²) in [6.07, 6.45) is 5.14. The van der Waals surface area contributed by atoms with Crippen LogP contribution in [0.5, 0.6) is 0 Å². The molecule has 2 heterocycles. The Morgan fingerprint density at radius 1 is 1.15 bits per heavy atom. The fourth-order valence-corrected chi connectivity index (χ4v) is 3.19. The van der Waals surface area contributed by atoms with Gasteiger partial charge < -0.3 is 15.2 Å². The van der Waals surface area contributed by atoms with Gasteiger partial charge in [-0.2, -0.15) is 0 Å². The number of hydrogen-bond acceptors (Lipinski definition) is 3. The van der Waals surface area contributed by atoms with E-state index in [-0.39, 0.29) is 11.8 Å². The maximum absolute atomic E-state index is 12.6. The molecule has 1 aromatic heterocycles. The molecule has 136 valence electrons. The van der Waals surface area contributed by atoms with Crippen molar-refractivity contribution >= 4 is 11.8 Å². The molecule has 0 atom stereocenters. The lowest BCUT2D eigenvalue weighted by Crippen LogP contribution is -2.28. The van der Waals surface area contributed by atoms with E-state index >= 15 is 0 Å². The lowest BCUT2D eigenvalue weighted by atomic mass is 10.1. The highest BCUT2D eigenvalue weighted by atomic mass is 16.2. The molecule has 0 radical (unpaired) electrons. The van der Waals surface area contributed by atoms with Gasteiger partial charge in [-0.25, -0.2) is 4.98 Å². The third-order valence-electron chi connectivity index (χ3n) is 4.49. The first-order valence-corrected chi connectivity index (χ1v) is 9.01. The number of aromatic nitrogens is 2. The van der Waals surface area contributed by atoms with Gasteiger partial charge in [0.15, 0.2) is 5.82 Å². The fourth-order valence-electron chi connectivity index (χ4n) is 3.19. The monoisotopic (exact) mass is 352 g/mol. The van der Waals surface area contributed by atoms with Crippen LogP contribution in [0.15, 0.2) is 43.0 Å². The minimum atomic E-state index is -0.267. The average Bonchev–Trinajstić information content (AvgIpc) is 3.07. The zero-order valence-corrected chi connectivity index (χ0v) is 14.8. The molecule has 0 spiro atoms. The topological polar surface area (TPSA) is 76.0 Å². The summed E-state index contributed by atoms with van der Waals surface area (Å²) in [6.45, 7) is 5.23. The standard InChI is InChI=1S/C20H24N4O2/c1-2-12-21-20(26)18-23-17(16-10-6-7-14-24(16)18)19(25)22-13-11-15-8-4-3-5-9-15/h2-5,8-9H,1,6-7,10-14H2,(H,21,26)(H,22,25). The summed E-state index contributed by atoms with van der Waals surface area (Å²) in [6, 6.07) is 10.0. The van der Waals surface area contributed by atoms with Crippen LogP contribution in [0.3, 0.4) is 0 Å². The quantitative estimate of drug-likeness (QED) is 0.750. The van der Waals surface area contributed by atoms with Crippen LogP contribution in [0.4, 0.5) is 0 Å². The molecule has 6 heteroatoms. The Kier molecular flexibility index (Phi) is 5.84. The first kappa shape index (κ1) is 17.9. The molecule has 0 saturated heterocycles. The predicted octanol–water partition coefficient (Wildman–Crippen LogP) is 2.11. The van der Waals surface area contributed by atoms with Crippen molar-refractivity contribution in [3.8, 4) is 0 Å². The second kappa shape index (κ2) is 8.47. The van der Waals surface area contributed by atoms with Gasteiger partial charge in [-0.05, 0) is 31.2 Å². The van der Waals surface area contributed by atoms with Gasteiger partial charge in [0.2, 0.25) is 0 Å². The summed E-state index contributed by atoms with van der Waals surface area (Å²) >= 11 is 0. The molecular weight excluding hydrogens is 328 g/mol. The molecule has 3 rings (SSSR count). The molecule has 2 N–H and O–H groups in total. The van der Waals surface area contributed by atoms with E-state index in [1.807, 2.05) is 34.9 Å². The summed E-state index contributed by atoms with van der Waals surface area (Å²) in [7, 11) is 0. The first-order chi connectivity index (χ1) is 12.7. The molecular formula is C20H24N4O2. The molecule has 2 amide bonds. The molecule has 0 saturated carbocycles. The fraction of sp³-hybridized carbons (Fsp3) is 0.350. The van der Waals surface area contributed by atoms with Crippen molar-refractivity contribution in [2.24, 2.45) is 0 Å². The van der Waals surface area contributed by atoms with Gasteiger partial charge in [0, 0.05) is 19.6 Å². The van der Waals surface area contributed by atoms with Gasteiger partial charge in [0.25, 0.3) is 11.8 Å². The van der Waals surface area contributed by atoms with E-state index in [1.165, 1.54) is 5.56 Å². The van der Waals surface area contributed by atoms with E-state index in [1.54, 1.807) is 6.08 Å². The number of amides is 2. The van der Waals surface area contributed by atoms with Crippen LogP contribution in [0.1, 0.15) is 45.2 Å². The van der Waals surface area contributed by atoms with Gasteiger partial charge >= 0.3 is 0 Å². The lowest BCUT2D eigenvalue weighted by Gasteiger charge is -2.17. The molecule has 0 fully saturated rings. The van der Waals surface area contributed by atoms with Crippen molar-refractivity contribution in [1.29, 1.82) is 0 Å². The van der Waals surface area contributed by atoms with Gasteiger partial charge in [0.05, 0.1) is 5.69 Å². The van der Waals surface area contributed by atoms with Crippen molar-refractivity contribution in [1.82, 2.24) is 20.2 Å². The van der Waals surface area contributed by atoms with Gasteiger partial charge in [0.1, 0.15) is 5.69 Å². The molecule has 0 bridgehead atoms. The number of imidazole rings is 1. The van der Waals surface area contributed by atoms with Gasteiger partial charge in [-0.1, -0.05) is 36.4 Å². The van der Waals surface area contributed by atoms with E-state index in [9.17, 15) is 9.59 Å². The number of benzene rings is 1. The molecule has 26 heavy (non-hydrogen) atoms. The van der Waals surface area contributed by atoms with Crippen LogP contribution in [-0.2, 0) is 19.4 Å². The number of nitrogens with zero attached hydrogens (tertiary/aromatic N) is 2. The molecule has 1 aliphatic rings. The van der Waals surface area contributed by atoms with Crippen LogP contribution in [0, 0.1) is 0 Å². The summed E-state index contributed by atoms with van der Waals surface area (Å²) in [5, 5.41) is 5.67. The van der Waals surface area contributed by atoms with Crippen LogP contribution >= 0.6 is 0 Å². The number of fused-ring (bicyclic) bond motifs is 1. The van der Waals surface area contributed by atoms with Gasteiger partial charge in [-0.3, -0.25) is 9.59 Å². The lowest BCUT2D eigenvalue weighted by molar-refractivity contribution is 0.0942. The zero-order chi connectivity index (χ0) is 18.4. The van der Waals surface area contributed by atoms with Crippen LogP contribution in [0.25, 0.3) is 0 Å². The van der Waals surface area contributed by atoms with Gasteiger partial charge in [-0.15, -0.1) is 6.58 Å². The number of nitrogens with one attached hydrogen (secondary N) is 2. The minimum Gasteiger partial charge on any atom is -0.350 e. The second-order valence-corrected chi connectivity index (χ2v) is 6.33. The van der Waals surface area contributed by atoms with Crippen molar-refractivity contribution in [2.75, 3.05) is 13.1 Å². The van der Waals surface area contributed by atoms with E-state index in [4.69, 9.17) is 0 Å². The highest BCUT2D eigenvalue weighted by molar-refractivity contribution is 5.97. The Morgan fingerprint density at radius 3 is 2.73 bits per heavy atom. The largest absolute Gasteiger partial charge is 0.350 e. The number of carbonyl (C=O) groups excluding carboxylic acids is 2. The Labute approximate surface area is 153 Å². The van der Waals surface area contributed by atoms with E-state index in [0.29, 0.717) is 24.6 Å². The van der Waals surface area contributed by atoms with Crippen molar-refractivity contribution < 1.29 is 9.59 Å². The Morgan fingerprint density at radius 2 is 1.96 bits per heavy atom. The van der Waals surface area contributed by atoms with E-state index < -0.39 is 0 Å². The predicted molar refractivity (Wildman–Crippen MR) is 100 cm³/mol. The van der Waals surface area contributed by atoms with E-state index in [0.717, 1.165) is 37.9 Å². The zero-order valence-electron chi connectivity index (χ0n) is 14.8. The highest BCUT2D eigenvalue weighted by Crippen LogP contribution is 2.21. The normalized spacial score (nSPS) is 12.9. The van der Waals surface area contributed by atoms with Crippen molar-refractivity contribution in [3.63, 3.8) is 0 Å². The molecule has 0 unspecified atom stereocenters.